The molecule has 0 bridgehead atoms. The van der Waals surface area contributed by atoms with Gasteiger partial charge in [0.2, 0.25) is 0 Å². The van der Waals surface area contributed by atoms with Gasteiger partial charge >= 0.3 is 11.7 Å². The Balaban J connectivity index is 2.17. The Labute approximate surface area is 200 Å². The van der Waals surface area contributed by atoms with Crippen LogP contribution in [-0.4, -0.2) is 48.2 Å². The molecule has 3 aromatic rings. The number of fused-ring (bicyclic) bond motifs is 1. The van der Waals surface area contributed by atoms with Crippen molar-refractivity contribution in [1.82, 2.24) is 24.1 Å². The highest BCUT2D eigenvalue weighted by atomic mass is 32.2. The summed E-state index contributed by atoms with van der Waals surface area (Å²) in [4.78, 5) is 63.2. The zero-order valence-corrected chi connectivity index (χ0v) is 21.6. The Bertz CT molecular complexity index is 1440. The van der Waals surface area contributed by atoms with Crippen LogP contribution < -0.4 is 11.2 Å². The Morgan fingerprint density at radius 2 is 1.71 bits per heavy atom. The largest absolute Gasteiger partial charge is 0.465 e. The lowest BCUT2D eigenvalue weighted by Gasteiger charge is -2.20. The van der Waals surface area contributed by atoms with Gasteiger partial charge in [-0.2, -0.15) is 0 Å². The van der Waals surface area contributed by atoms with Crippen LogP contribution in [0.4, 0.5) is 0 Å². The van der Waals surface area contributed by atoms with Crippen LogP contribution in [0.2, 0.25) is 0 Å². The number of aromatic nitrogens is 5. The number of ether oxygens (including phenoxy) is 1. The van der Waals surface area contributed by atoms with Crippen LogP contribution >= 0.6 is 11.8 Å². The fourth-order valence-corrected chi connectivity index (χ4v) is 4.67. The van der Waals surface area contributed by atoms with Crippen LogP contribution in [0.1, 0.15) is 65.6 Å². The fraction of sp³-hybridized carbons (Fsp3) is 0.478. The lowest BCUT2D eigenvalue weighted by molar-refractivity contribution is 0.0599. The van der Waals surface area contributed by atoms with Gasteiger partial charge in [-0.25, -0.2) is 19.6 Å². The number of thioether (sulfide) groups is 1. The van der Waals surface area contributed by atoms with Crippen LogP contribution in [-0.2, 0) is 24.2 Å². The summed E-state index contributed by atoms with van der Waals surface area (Å²) in [7, 11) is 4.23. The van der Waals surface area contributed by atoms with E-state index in [0.29, 0.717) is 33.4 Å². The van der Waals surface area contributed by atoms with Gasteiger partial charge in [0.05, 0.1) is 23.6 Å². The zero-order chi connectivity index (χ0) is 25.7. The van der Waals surface area contributed by atoms with Gasteiger partial charge in [-0.3, -0.25) is 18.7 Å². The number of H-pyrrole nitrogens is 1. The maximum Gasteiger partial charge on any atom is 0.339 e. The number of aromatic amines is 1. The predicted octanol–water partition coefficient (Wildman–Crippen LogP) is 2.42. The Kier molecular flexibility index (Phi) is 6.62. The van der Waals surface area contributed by atoms with Crippen LogP contribution in [0.5, 0.6) is 0 Å². The molecule has 10 nitrogen and oxygen atoms in total. The Morgan fingerprint density at radius 1 is 1.09 bits per heavy atom. The van der Waals surface area contributed by atoms with Crippen LogP contribution in [0.15, 0.2) is 14.6 Å². The highest BCUT2D eigenvalue weighted by Gasteiger charge is 2.29. The summed E-state index contributed by atoms with van der Waals surface area (Å²) in [6.45, 7) is 10.9. The Hall–Kier alpha value is -3.21. The molecule has 0 saturated carbocycles. The first kappa shape index (κ1) is 25.4. The summed E-state index contributed by atoms with van der Waals surface area (Å²) < 4.78 is 7.14. The van der Waals surface area contributed by atoms with Crippen molar-refractivity contribution < 1.29 is 14.3 Å². The molecule has 182 valence electrons. The molecular formula is C23H29N5O5S. The van der Waals surface area contributed by atoms with Gasteiger partial charge in [-0.1, -0.05) is 32.5 Å². The minimum atomic E-state index is -0.657. The maximum absolute atomic E-state index is 13.4. The van der Waals surface area contributed by atoms with Crippen LogP contribution in [0.25, 0.3) is 11.0 Å². The molecule has 1 atom stereocenters. The number of Topliss-reactive ketones (excluding diaryl/α,β-unsaturated/α-hetero) is 1. The molecule has 1 N–H and O–H groups in total. The van der Waals surface area contributed by atoms with Gasteiger partial charge in [-0.05, 0) is 26.3 Å². The van der Waals surface area contributed by atoms with Crippen molar-refractivity contribution in [2.24, 2.45) is 14.1 Å². The summed E-state index contributed by atoms with van der Waals surface area (Å²) in [6, 6.07) is 0. The van der Waals surface area contributed by atoms with E-state index in [1.807, 2.05) is 20.8 Å². The highest BCUT2D eigenvalue weighted by molar-refractivity contribution is 8.00. The number of carbonyl (C=O) groups excluding carboxylic acids is 2. The number of methoxy groups -OCH3 is 1. The third kappa shape index (κ3) is 4.20. The second-order valence-corrected chi connectivity index (χ2v) is 10.6. The van der Waals surface area contributed by atoms with Gasteiger partial charge in [0.25, 0.3) is 5.56 Å². The second kappa shape index (κ2) is 8.86. The first-order valence-corrected chi connectivity index (χ1v) is 11.5. The number of nitrogens with zero attached hydrogens (tertiary/aromatic N) is 4. The van der Waals surface area contributed by atoms with Crippen LogP contribution in [0, 0.1) is 13.8 Å². The van der Waals surface area contributed by atoms with Crippen molar-refractivity contribution in [3.63, 3.8) is 0 Å². The molecule has 3 heterocycles. The van der Waals surface area contributed by atoms with E-state index in [2.05, 4.69) is 15.0 Å². The SMILES string of the molecule is COC(=O)c1c(C)[nH]c(C(=O)C(C)Sc2nc(C(C)(C)C)nc3c2c(=O)n(C)c(=O)n3C)c1C. The molecule has 3 aromatic heterocycles. The van der Waals surface area contributed by atoms with E-state index in [-0.39, 0.29) is 16.8 Å². The summed E-state index contributed by atoms with van der Waals surface area (Å²) in [5.74, 6) is -0.330. The summed E-state index contributed by atoms with van der Waals surface area (Å²) in [5, 5.41) is -0.159. The first-order chi connectivity index (χ1) is 15.7. The molecule has 0 aliphatic carbocycles. The number of nitrogens with one attached hydrogen (secondary N) is 1. The zero-order valence-electron chi connectivity index (χ0n) is 20.8. The van der Waals surface area contributed by atoms with E-state index in [4.69, 9.17) is 4.74 Å². The van der Waals surface area contributed by atoms with E-state index >= 15 is 0 Å². The standard InChI is InChI=1S/C23H29N5O5S/c1-10-13(20(31)33-9)11(2)24-15(10)16(29)12(3)34-18-14-17(25-21(26-18)23(4,5)6)27(7)22(32)28(8)19(14)30/h12,24H,1-9H3. The van der Waals surface area contributed by atoms with Crippen LogP contribution in [0.3, 0.4) is 0 Å². The van der Waals surface area contributed by atoms with Gasteiger partial charge < -0.3 is 9.72 Å². The van der Waals surface area contributed by atoms with E-state index in [0.717, 1.165) is 16.3 Å². The number of esters is 1. The highest BCUT2D eigenvalue weighted by Crippen LogP contribution is 2.31. The monoisotopic (exact) mass is 487 g/mol. The van der Waals surface area contributed by atoms with Crippen molar-refractivity contribution in [2.75, 3.05) is 7.11 Å². The molecule has 0 aliphatic rings. The third-order valence-corrected chi connectivity index (χ3v) is 6.75. The lowest BCUT2D eigenvalue weighted by Crippen LogP contribution is -2.38. The molecule has 0 amide bonds. The first-order valence-electron chi connectivity index (χ1n) is 10.7. The molecule has 1 unspecified atom stereocenters. The number of ketones is 1. The van der Waals surface area contributed by atoms with E-state index < -0.39 is 27.9 Å². The van der Waals surface area contributed by atoms with Crippen molar-refractivity contribution in [1.29, 1.82) is 0 Å². The van der Waals surface area contributed by atoms with Crippen molar-refractivity contribution >= 4 is 34.5 Å². The maximum atomic E-state index is 13.4. The average molecular weight is 488 g/mol. The molecule has 0 aliphatic heterocycles. The summed E-state index contributed by atoms with van der Waals surface area (Å²) in [5.41, 5.74) is 0.400. The predicted molar refractivity (Wildman–Crippen MR) is 130 cm³/mol. The average Bonchev–Trinajstić information content (AvgIpc) is 3.07. The molecule has 0 aromatic carbocycles. The number of carbonyl (C=O) groups is 2. The second-order valence-electron chi connectivity index (χ2n) is 9.25. The minimum absolute atomic E-state index is 0.178. The lowest BCUT2D eigenvalue weighted by atomic mass is 9.96. The van der Waals surface area contributed by atoms with Crippen molar-refractivity contribution in [3.8, 4) is 0 Å². The number of hydrogen-bond donors (Lipinski definition) is 1. The molecule has 3 rings (SSSR count). The van der Waals surface area contributed by atoms with E-state index in [9.17, 15) is 19.2 Å². The molecule has 0 saturated heterocycles. The molecule has 0 spiro atoms. The smallest absolute Gasteiger partial charge is 0.339 e. The minimum Gasteiger partial charge on any atom is -0.465 e. The van der Waals surface area contributed by atoms with Gasteiger partial charge in [0.1, 0.15) is 16.2 Å². The summed E-state index contributed by atoms with van der Waals surface area (Å²) in [6.07, 6.45) is 0. The quantitative estimate of drug-likeness (QED) is 0.251. The number of hydrogen-bond acceptors (Lipinski definition) is 8. The normalized spacial score (nSPS) is 12.7. The van der Waals surface area contributed by atoms with E-state index in [1.54, 1.807) is 27.8 Å². The number of aryl methyl sites for hydroxylation is 2. The van der Waals surface area contributed by atoms with E-state index in [1.165, 1.54) is 18.7 Å². The number of rotatable bonds is 5. The molecule has 34 heavy (non-hydrogen) atoms. The molecule has 11 heteroatoms. The molecular weight excluding hydrogens is 458 g/mol. The summed E-state index contributed by atoms with van der Waals surface area (Å²) >= 11 is 1.12. The molecule has 0 radical (unpaired) electrons. The van der Waals surface area contributed by atoms with Crippen molar-refractivity contribution in [2.45, 2.75) is 57.2 Å². The van der Waals surface area contributed by atoms with Gasteiger partial charge in [0, 0.05) is 25.2 Å². The molecule has 0 fully saturated rings. The van der Waals surface area contributed by atoms with Gasteiger partial charge in [0.15, 0.2) is 11.4 Å². The topological polar surface area (TPSA) is 129 Å². The van der Waals surface area contributed by atoms with Gasteiger partial charge in [-0.15, -0.1) is 0 Å². The van der Waals surface area contributed by atoms with Crippen molar-refractivity contribution in [3.05, 3.63) is 49.2 Å². The fourth-order valence-electron chi connectivity index (χ4n) is 3.68. The Morgan fingerprint density at radius 3 is 2.26 bits per heavy atom. The third-order valence-electron chi connectivity index (χ3n) is 5.67.